The highest BCUT2D eigenvalue weighted by Crippen LogP contribution is 2.21. The summed E-state index contributed by atoms with van der Waals surface area (Å²) in [6.45, 7) is 11.7. The van der Waals surface area contributed by atoms with E-state index in [-0.39, 0.29) is 0 Å². The predicted molar refractivity (Wildman–Crippen MR) is 74.6 cm³/mol. The van der Waals surface area contributed by atoms with Gasteiger partial charge in [0.1, 0.15) is 19.8 Å². The van der Waals surface area contributed by atoms with Crippen molar-refractivity contribution in [2.45, 2.75) is 34.6 Å². The zero-order chi connectivity index (χ0) is 13.2. The Morgan fingerprint density at radius 2 is 1.82 bits per heavy atom. The molecule has 1 unspecified atom stereocenters. The van der Waals surface area contributed by atoms with Gasteiger partial charge in [-0.25, -0.2) is 0 Å². The second kappa shape index (κ2) is 5.39. The van der Waals surface area contributed by atoms with Crippen molar-refractivity contribution in [1.29, 1.82) is 0 Å². The summed E-state index contributed by atoms with van der Waals surface area (Å²) in [4.78, 5) is 4.52. The maximum Gasteiger partial charge on any atom is 0.333 e. The van der Waals surface area contributed by atoms with Crippen LogP contribution >= 0.6 is 0 Å². The Hall–Kier alpha value is -1.25. The van der Waals surface area contributed by atoms with E-state index in [1.165, 1.54) is 17.0 Å². The first-order valence-electron chi connectivity index (χ1n) is 6.16. The molecule has 94 valence electrons. The normalized spacial score (nSPS) is 20.8. The van der Waals surface area contributed by atoms with Crippen LogP contribution < -0.4 is 0 Å². The summed E-state index contributed by atoms with van der Waals surface area (Å²) in [5.74, 6) is 0.477. The lowest BCUT2D eigenvalue weighted by molar-refractivity contribution is -0.704. The molecule has 0 saturated carbocycles. The van der Waals surface area contributed by atoms with Crippen LogP contribution in [-0.4, -0.2) is 47.6 Å². The van der Waals surface area contributed by atoms with Crippen molar-refractivity contribution in [2.24, 2.45) is 10.9 Å². The minimum Gasteiger partial charge on any atom is -0.254 e. The molecule has 1 aliphatic rings. The van der Waals surface area contributed by atoms with E-state index >= 15 is 0 Å². The fourth-order valence-electron chi connectivity index (χ4n) is 1.74. The molecule has 0 aromatic carbocycles. The SMILES string of the molecule is CC1=C(/C(C)=[N+](/C)C[N+](C)=C(C)C)N=CC1C. The molecule has 17 heavy (non-hydrogen) atoms. The van der Waals surface area contributed by atoms with Crippen LogP contribution in [0.4, 0.5) is 0 Å². The molecule has 1 heterocycles. The molecule has 0 aliphatic carbocycles. The Kier molecular flexibility index (Phi) is 4.38. The number of allylic oxidation sites excluding steroid dienone is 2. The molecule has 0 amide bonds. The van der Waals surface area contributed by atoms with Gasteiger partial charge in [-0.1, -0.05) is 6.92 Å². The molecule has 3 nitrogen and oxygen atoms in total. The summed E-state index contributed by atoms with van der Waals surface area (Å²) in [7, 11) is 4.23. The van der Waals surface area contributed by atoms with Crippen molar-refractivity contribution in [3.8, 4) is 0 Å². The van der Waals surface area contributed by atoms with Gasteiger partial charge < -0.3 is 0 Å². The quantitative estimate of drug-likeness (QED) is 0.405. The Labute approximate surface area is 105 Å². The Bertz CT molecular complexity index is 432. The second-order valence-corrected chi connectivity index (χ2v) is 5.17. The molecule has 0 aromatic heterocycles. The molecular formula is C14H25N3+2. The lowest BCUT2D eigenvalue weighted by Gasteiger charge is -2.04. The van der Waals surface area contributed by atoms with Crippen LogP contribution in [0, 0.1) is 5.92 Å². The molecule has 3 heteroatoms. The van der Waals surface area contributed by atoms with Gasteiger partial charge in [-0.05, 0) is 12.5 Å². The smallest absolute Gasteiger partial charge is 0.254 e. The molecule has 0 spiro atoms. The van der Waals surface area contributed by atoms with E-state index in [2.05, 4.69) is 62.9 Å². The standard InChI is InChI=1S/C14H25N3/c1-10(2)16(6)9-17(7)13(5)14-12(4)11(3)8-15-14/h8,11H,9H2,1-7H3/q+2/b17-13-. The number of nitrogens with zero attached hydrogens (tertiary/aromatic N) is 3. The van der Waals surface area contributed by atoms with E-state index in [9.17, 15) is 0 Å². The number of aliphatic imine (C=N–C) groups is 1. The van der Waals surface area contributed by atoms with Crippen LogP contribution in [0.2, 0.25) is 0 Å². The lowest BCUT2D eigenvalue weighted by Crippen LogP contribution is -2.27. The van der Waals surface area contributed by atoms with Crippen LogP contribution in [-0.2, 0) is 0 Å². The molecule has 1 rings (SSSR count). The maximum absolute atomic E-state index is 4.52. The van der Waals surface area contributed by atoms with E-state index in [1.807, 2.05) is 6.21 Å². The van der Waals surface area contributed by atoms with E-state index in [4.69, 9.17) is 0 Å². The van der Waals surface area contributed by atoms with Gasteiger partial charge in [-0.3, -0.25) is 4.99 Å². The van der Waals surface area contributed by atoms with Crippen LogP contribution in [0.3, 0.4) is 0 Å². The summed E-state index contributed by atoms with van der Waals surface area (Å²) in [6, 6.07) is 0. The molecule has 0 N–H and O–H groups in total. The van der Waals surface area contributed by atoms with Gasteiger partial charge in [-0.2, -0.15) is 9.15 Å². The Morgan fingerprint density at radius 1 is 1.24 bits per heavy atom. The molecular weight excluding hydrogens is 210 g/mol. The van der Waals surface area contributed by atoms with Gasteiger partial charge in [0.2, 0.25) is 5.71 Å². The van der Waals surface area contributed by atoms with Gasteiger partial charge in [0, 0.05) is 32.9 Å². The minimum absolute atomic E-state index is 0.477. The topological polar surface area (TPSA) is 18.4 Å². The van der Waals surface area contributed by atoms with E-state index < -0.39 is 0 Å². The number of rotatable bonds is 3. The molecule has 0 aromatic rings. The molecule has 0 bridgehead atoms. The van der Waals surface area contributed by atoms with Gasteiger partial charge >= 0.3 is 6.67 Å². The van der Waals surface area contributed by atoms with Crippen LogP contribution in [0.25, 0.3) is 0 Å². The second-order valence-electron chi connectivity index (χ2n) is 5.17. The van der Waals surface area contributed by atoms with Crippen molar-refractivity contribution >= 4 is 17.6 Å². The van der Waals surface area contributed by atoms with Gasteiger partial charge in [0.05, 0.1) is 0 Å². The molecule has 0 fully saturated rings. The van der Waals surface area contributed by atoms with E-state index in [0.29, 0.717) is 5.92 Å². The zero-order valence-corrected chi connectivity index (χ0v) is 12.2. The first-order valence-corrected chi connectivity index (χ1v) is 6.16. The van der Waals surface area contributed by atoms with Crippen LogP contribution in [0.5, 0.6) is 0 Å². The fraction of sp³-hybridized carbons (Fsp3) is 0.643. The summed E-state index contributed by atoms with van der Waals surface area (Å²) in [5, 5.41) is 0. The number of hydrogen-bond acceptors (Lipinski definition) is 1. The first-order chi connectivity index (χ1) is 7.84. The predicted octanol–water partition coefficient (Wildman–Crippen LogP) is 2.16. The van der Waals surface area contributed by atoms with Crippen LogP contribution in [0.15, 0.2) is 16.3 Å². The third kappa shape index (κ3) is 3.11. The summed E-state index contributed by atoms with van der Waals surface area (Å²) < 4.78 is 4.49. The summed E-state index contributed by atoms with van der Waals surface area (Å²) >= 11 is 0. The van der Waals surface area contributed by atoms with Crippen molar-refractivity contribution in [3.63, 3.8) is 0 Å². The summed E-state index contributed by atoms with van der Waals surface area (Å²) in [6.07, 6.45) is 2.03. The number of hydrogen-bond donors (Lipinski definition) is 0. The fourth-order valence-corrected chi connectivity index (χ4v) is 1.74. The molecule has 1 atom stereocenters. The molecule has 1 aliphatic heterocycles. The van der Waals surface area contributed by atoms with Gasteiger partial charge in [0.25, 0.3) is 0 Å². The Balaban J connectivity index is 3.00. The van der Waals surface area contributed by atoms with Crippen molar-refractivity contribution < 1.29 is 9.15 Å². The average Bonchev–Trinajstić information content (AvgIpc) is 2.58. The molecule has 0 radical (unpaired) electrons. The zero-order valence-electron chi connectivity index (χ0n) is 12.2. The highest BCUT2D eigenvalue weighted by Gasteiger charge is 2.22. The van der Waals surface area contributed by atoms with Crippen molar-refractivity contribution in [2.75, 3.05) is 20.8 Å². The minimum atomic E-state index is 0.477. The molecule has 0 saturated heterocycles. The van der Waals surface area contributed by atoms with Gasteiger partial charge in [0.15, 0.2) is 5.71 Å². The lowest BCUT2D eigenvalue weighted by atomic mass is 10.0. The van der Waals surface area contributed by atoms with Crippen LogP contribution in [0.1, 0.15) is 34.6 Å². The maximum atomic E-state index is 4.52. The van der Waals surface area contributed by atoms with E-state index in [0.717, 1.165) is 12.4 Å². The third-order valence-corrected chi connectivity index (χ3v) is 3.59. The summed E-state index contributed by atoms with van der Waals surface area (Å²) in [5.41, 5.74) is 5.09. The van der Waals surface area contributed by atoms with Crippen molar-refractivity contribution in [1.82, 2.24) is 0 Å². The monoisotopic (exact) mass is 235 g/mol. The highest BCUT2D eigenvalue weighted by atomic mass is 15.2. The largest absolute Gasteiger partial charge is 0.333 e. The van der Waals surface area contributed by atoms with Gasteiger partial charge in [-0.15, -0.1) is 0 Å². The van der Waals surface area contributed by atoms with E-state index in [1.54, 1.807) is 0 Å². The third-order valence-electron chi connectivity index (χ3n) is 3.59. The Morgan fingerprint density at radius 3 is 2.24 bits per heavy atom. The highest BCUT2D eigenvalue weighted by molar-refractivity contribution is 5.98. The van der Waals surface area contributed by atoms with Crippen molar-refractivity contribution in [3.05, 3.63) is 11.3 Å². The first kappa shape index (κ1) is 13.8. The average molecular weight is 235 g/mol.